The Hall–Kier alpha value is -3.08. The fourth-order valence-corrected chi connectivity index (χ4v) is 2.16. The number of rotatable bonds is 3. The second-order valence-electron chi connectivity index (χ2n) is 4.64. The van der Waals surface area contributed by atoms with Crippen molar-refractivity contribution in [1.29, 1.82) is 0 Å². The SMILES string of the molecule is Nc1cc(Nc2ccc3ncccc3c2)ccc1C(=O)O. The van der Waals surface area contributed by atoms with Gasteiger partial charge in [-0.15, -0.1) is 0 Å². The molecule has 0 spiro atoms. The zero-order valence-electron chi connectivity index (χ0n) is 11.1. The van der Waals surface area contributed by atoms with Gasteiger partial charge in [-0.05, 0) is 42.5 Å². The minimum absolute atomic E-state index is 0.100. The standard InChI is InChI=1S/C16H13N3O2/c17-14-9-12(3-5-13(14)16(20)21)19-11-4-6-15-10(8-11)2-1-7-18-15/h1-9,19H,17H2,(H,20,21). The van der Waals surface area contributed by atoms with Crippen LogP contribution in [0, 0.1) is 0 Å². The molecule has 0 amide bonds. The molecule has 21 heavy (non-hydrogen) atoms. The van der Waals surface area contributed by atoms with E-state index in [9.17, 15) is 4.79 Å². The monoisotopic (exact) mass is 279 g/mol. The van der Waals surface area contributed by atoms with Crippen molar-refractivity contribution in [2.75, 3.05) is 11.1 Å². The van der Waals surface area contributed by atoms with Crippen LogP contribution in [-0.4, -0.2) is 16.1 Å². The third kappa shape index (κ3) is 2.62. The van der Waals surface area contributed by atoms with Crippen molar-refractivity contribution in [1.82, 2.24) is 4.98 Å². The molecule has 0 aliphatic heterocycles. The Morgan fingerprint density at radius 2 is 1.86 bits per heavy atom. The first-order chi connectivity index (χ1) is 10.1. The first-order valence-electron chi connectivity index (χ1n) is 6.38. The maximum Gasteiger partial charge on any atom is 0.337 e. The van der Waals surface area contributed by atoms with Crippen molar-refractivity contribution in [3.05, 3.63) is 60.3 Å². The maximum atomic E-state index is 10.9. The van der Waals surface area contributed by atoms with Gasteiger partial charge >= 0.3 is 5.97 Å². The molecule has 0 aliphatic carbocycles. The zero-order valence-corrected chi connectivity index (χ0v) is 11.1. The van der Waals surface area contributed by atoms with Gasteiger partial charge in [0.25, 0.3) is 0 Å². The molecule has 4 N–H and O–H groups in total. The summed E-state index contributed by atoms with van der Waals surface area (Å²) < 4.78 is 0. The van der Waals surface area contributed by atoms with Gasteiger partial charge < -0.3 is 16.2 Å². The Morgan fingerprint density at radius 1 is 1.10 bits per heavy atom. The molecule has 3 aromatic rings. The van der Waals surface area contributed by atoms with Crippen LogP contribution in [0.25, 0.3) is 10.9 Å². The van der Waals surface area contributed by atoms with Gasteiger partial charge in [0.15, 0.2) is 0 Å². The molecule has 2 aromatic carbocycles. The van der Waals surface area contributed by atoms with E-state index in [0.29, 0.717) is 0 Å². The van der Waals surface area contributed by atoms with Crippen LogP contribution in [0.3, 0.4) is 0 Å². The molecule has 5 heteroatoms. The molecule has 0 aliphatic rings. The van der Waals surface area contributed by atoms with E-state index in [1.807, 2.05) is 30.3 Å². The van der Waals surface area contributed by atoms with E-state index in [-0.39, 0.29) is 11.3 Å². The van der Waals surface area contributed by atoms with Gasteiger partial charge in [-0.3, -0.25) is 4.98 Å². The molecule has 0 unspecified atom stereocenters. The van der Waals surface area contributed by atoms with Crippen molar-refractivity contribution in [3.8, 4) is 0 Å². The normalized spacial score (nSPS) is 10.5. The van der Waals surface area contributed by atoms with Gasteiger partial charge in [0.05, 0.1) is 11.1 Å². The van der Waals surface area contributed by atoms with Crippen molar-refractivity contribution >= 4 is 33.9 Å². The van der Waals surface area contributed by atoms with Gasteiger partial charge in [0.2, 0.25) is 0 Å². The van der Waals surface area contributed by atoms with Crippen molar-refractivity contribution in [3.63, 3.8) is 0 Å². The second kappa shape index (κ2) is 5.13. The first-order valence-corrected chi connectivity index (χ1v) is 6.38. The summed E-state index contributed by atoms with van der Waals surface area (Å²) in [6.07, 6.45) is 1.75. The minimum atomic E-state index is -1.03. The van der Waals surface area contributed by atoms with Crippen LogP contribution < -0.4 is 11.1 Å². The summed E-state index contributed by atoms with van der Waals surface area (Å²) in [6.45, 7) is 0. The molecule has 0 saturated heterocycles. The molecule has 104 valence electrons. The van der Waals surface area contributed by atoms with Crippen LogP contribution in [0.2, 0.25) is 0 Å². The molecule has 0 bridgehead atoms. The lowest BCUT2D eigenvalue weighted by molar-refractivity contribution is 0.0698. The number of nitrogens with two attached hydrogens (primary N) is 1. The molecule has 0 saturated carbocycles. The maximum absolute atomic E-state index is 10.9. The summed E-state index contributed by atoms with van der Waals surface area (Å²) >= 11 is 0. The molecule has 1 aromatic heterocycles. The van der Waals surface area contributed by atoms with Crippen LogP contribution in [-0.2, 0) is 0 Å². The van der Waals surface area contributed by atoms with Crippen molar-refractivity contribution in [2.24, 2.45) is 0 Å². The Morgan fingerprint density at radius 3 is 2.62 bits per heavy atom. The van der Waals surface area contributed by atoms with Crippen LogP contribution in [0.5, 0.6) is 0 Å². The highest BCUT2D eigenvalue weighted by Crippen LogP contribution is 2.24. The van der Waals surface area contributed by atoms with Crippen LogP contribution in [0.4, 0.5) is 17.1 Å². The second-order valence-corrected chi connectivity index (χ2v) is 4.64. The molecular formula is C16H13N3O2. The van der Waals surface area contributed by atoms with E-state index < -0.39 is 5.97 Å². The average molecular weight is 279 g/mol. The number of benzene rings is 2. The smallest absolute Gasteiger partial charge is 0.337 e. The highest BCUT2D eigenvalue weighted by Gasteiger charge is 2.08. The summed E-state index contributed by atoms with van der Waals surface area (Å²) in [4.78, 5) is 15.2. The largest absolute Gasteiger partial charge is 0.478 e. The molecule has 1 heterocycles. The first kappa shape index (κ1) is 12.9. The number of carboxylic acid groups (broad SMARTS) is 1. The summed E-state index contributed by atoms with van der Waals surface area (Å²) in [5.74, 6) is -1.03. The van der Waals surface area contributed by atoms with Crippen LogP contribution in [0.15, 0.2) is 54.7 Å². The fourth-order valence-electron chi connectivity index (χ4n) is 2.16. The topological polar surface area (TPSA) is 88.2 Å². The fraction of sp³-hybridized carbons (Fsp3) is 0. The minimum Gasteiger partial charge on any atom is -0.478 e. The number of carbonyl (C=O) groups is 1. The average Bonchev–Trinajstić information content (AvgIpc) is 2.47. The summed E-state index contributed by atoms with van der Waals surface area (Å²) in [5, 5.41) is 13.2. The van der Waals surface area contributed by atoms with E-state index >= 15 is 0 Å². The van der Waals surface area contributed by atoms with Crippen LogP contribution in [0.1, 0.15) is 10.4 Å². The third-order valence-electron chi connectivity index (χ3n) is 3.17. The number of carboxylic acids is 1. The van der Waals surface area contributed by atoms with E-state index in [2.05, 4.69) is 10.3 Å². The van der Waals surface area contributed by atoms with Crippen molar-refractivity contribution in [2.45, 2.75) is 0 Å². The Balaban J connectivity index is 1.91. The van der Waals surface area contributed by atoms with E-state index in [1.165, 1.54) is 6.07 Å². The van der Waals surface area contributed by atoms with Gasteiger partial charge in [0.1, 0.15) is 0 Å². The number of anilines is 3. The zero-order chi connectivity index (χ0) is 14.8. The van der Waals surface area contributed by atoms with E-state index in [1.54, 1.807) is 18.3 Å². The van der Waals surface area contributed by atoms with E-state index in [0.717, 1.165) is 22.3 Å². The number of aromatic carboxylic acids is 1. The molecular weight excluding hydrogens is 266 g/mol. The lowest BCUT2D eigenvalue weighted by Crippen LogP contribution is -2.03. The summed E-state index contributed by atoms with van der Waals surface area (Å²) in [7, 11) is 0. The number of hydrogen-bond acceptors (Lipinski definition) is 4. The summed E-state index contributed by atoms with van der Waals surface area (Å²) in [5.41, 5.74) is 8.61. The van der Waals surface area contributed by atoms with Gasteiger partial charge in [-0.2, -0.15) is 0 Å². The third-order valence-corrected chi connectivity index (χ3v) is 3.17. The number of hydrogen-bond donors (Lipinski definition) is 3. The quantitative estimate of drug-likeness (QED) is 0.640. The van der Waals surface area contributed by atoms with Gasteiger partial charge in [-0.25, -0.2) is 4.79 Å². The highest BCUT2D eigenvalue weighted by molar-refractivity contribution is 5.94. The number of nitrogen functional groups attached to an aromatic ring is 1. The molecule has 0 radical (unpaired) electrons. The predicted octanol–water partition coefficient (Wildman–Crippen LogP) is 3.26. The number of pyridine rings is 1. The number of fused-ring (bicyclic) bond motifs is 1. The number of nitrogens with one attached hydrogen (secondary N) is 1. The van der Waals surface area contributed by atoms with Gasteiger partial charge in [0, 0.05) is 28.6 Å². The predicted molar refractivity (Wildman–Crippen MR) is 82.8 cm³/mol. The van der Waals surface area contributed by atoms with E-state index in [4.69, 9.17) is 10.8 Å². The summed E-state index contributed by atoms with van der Waals surface area (Å²) in [6, 6.07) is 14.5. The highest BCUT2D eigenvalue weighted by atomic mass is 16.4. The van der Waals surface area contributed by atoms with Crippen LogP contribution >= 0.6 is 0 Å². The lowest BCUT2D eigenvalue weighted by Gasteiger charge is -2.09. The Labute approximate surface area is 121 Å². The van der Waals surface area contributed by atoms with Gasteiger partial charge in [-0.1, -0.05) is 6.07 Å². The number of nitrogens with zero attached hydrogens (tertiary/aromatic N) is 1. The molecule has 3 rings (SSSR count). The lowest BCUT2D eigenvalue weighted by atomic mass is 10.1. The van der Waals surface area contributed by atoms with Crippen molar-refractivity contribution < 1.29 is 9.90 Å². The molecule has 0 fully saturated rings. The Kier molecular flexibility index (Phi) is 3.16. The Bertz CT molecular complexity index is 831. The molecule has 5 nitrogen and oxygen atoms in total. The number of aromatic nitrogens is 1. The molecule has 0 atom stereocenters.